The summed E-state index contributed by atoms with van der Waals surface area (Å²) in [5.74, 6) is 0. The van der Waals surface area contributed by atoms with Gasteiger partial charge in [-0.25, -0.2) is 0 Å². The fraction of sp³-hybridized carbons (Fsp3) is 0.286. The van der Waals surface area contributed by atoms with Crippen LogP contribution in [0.1, 0.15) is 19.4 Å². The maximum Gasteiger partial charge on any atom is 0.105 e. The van der Waals surface area contributed by atoms with Crippen molar-refractivity contribution in [3.63, 3.8) is 0 Å². The summed E-state index contributed by atoms with van der Waals surface area (Å²) in [5.41, 5.74) is 2.56. The van der Waals surface area contributed by atoms with E-state index in [0.717, 1.165) is 6.42 Å². The molecule has 1 heteroatoms. The van der Waals surface area contributed by atoms with Crippen LogP contribution in [-0.2, 0) is 11.2 Å². The van der Waals surface area contributed by atoms with E-state index in [1.807, 2.05) is 31.4 Å². The van der Waals surface area contributed by atoms with Gasteiger partial charge in [-0.05, 0) is 31.4 Å². The summed E-state index contributed by atoms with van der Waals surface area (Å²) in [6.45, 7) is 4.73. The average molecular weight is 202 g/mol. The molecule has 0 aromatic heterocycles. The molecule has 1 aromatic rings. The number of allylic oxidation sites excluding steroid dienone is 2. The van der Waals surface area contributed by atoms with E-state index in [4.69, 9.17) is 4.74 Å². The molecular formula is C14H18O. The number of ether oxygens (including phenoxy) is 1. The van der Waals surface area contributed by atoms with Crippen molar-refractivity contribution >= 4 is 0 Å². The minimum Gasteiger partial charge on any atom is -0.497 e. The Hall–Kier alpha value is -1.50. The highest BCUT2D eigenvalue weighted by Crippen LogP contribution is 2.06. The Kier molecular flexibility index (Phi) is 5.31. The third kappa shape index (κ3) is 5.06. The summed E-state index contributed by atoms with van der Waals surface area (Å²) in [6.07, 6.45) is 6.77. The molecule has 0 saturated heterocycles. The predicted molar refractivity (Wildman–Crippen MR) is 64.7 cm³/mol. The lowest BCUT2D eigenvalue weighted by Crippen LogP contribution is -1.89. The summed E-state index contributed by atoms with van der Waals surface area (Å²) < 4.78 is 5.36. The minimum absolute atomic E-state index is 0.655. The fourth-order valence-electron chi connectivity index (χ4n) is 1.30. The van der Waals surface area contributed by atoms with Gasteiger partial charge in [-0.1, -0.05) is 42.5 Å². The molecule has 0 aliphatic carbocycles. The number of hydrogen-bond donors (Lipinski definition) is 0. The van der Waals surface area contributed by atoms with Crippen molar-refractivity contribution in [2.45, 2.75) is 20.3 Å². The van der Waals surface area contributed by atoms with Crippen molar-refractivity contribution in [1.82, 2.24) is 0 Å². The maximum absolute atomic E-state index is 5.36. The van der Waals surface area contributed by atoms with Gasteiger partial charge in [0.25, 0.3) is 0 Å². The van der Waals surface area contributed by atoms with Gasteiger partial charge in [0.05, 0.1) is 6.26 Å². The minimum atomic E-state index is 0.655. The van der Waals surface area contributed by atoms with Crippen LogP contribution in [0.2, 0.25) is 0 Å². The van der Waals surface area contributed by atoms with Gasteiger partial charge in [0.2, 0.25) is 0 Å². The molecule has 1 rings (SSSR count). The molecular weight excluding hydrogens is 184 g/mol. The van der Waals surface area contributed by atoms with Crippen LogP contribution < -0.4 is 0 Å². The van der Waals surface area contributed by atoms with Crippen LogP contribution in [-0.4, -0.2) is 6.61 Å². The Morgan fingerprint density at radius 1 is 1.27 bits per heavy atom. The van der Waals surface area contributed by atoms with E-state index in [1.54, 1.807) is 0 Å². The summed E-state index contributed by atoms with van der Waals surface area (Å²) >= 11 is 0. The Balaban J connectivity index is 2.38. The lowest BCUT2D eigenvalue weighted by molar-refractivity contribution is 0.285. The first kappa shape index (κ1) is 11.6. The van der Waals surface area contributed by atoms with Crippen molar-refractivity contribution < 1.29 is 4.74 Å². The fourth-order valence-corrected chi connectivity index (χ4v) is 1.30. The van der Waals surface area contributed by atoms with Crippen LogP contribution in [0.5, 0.6) is 0 Å². The molecule has 0 unspecified atom stereocenters. The van der Waals surface area contributed by atoms with Crippen molar-refractivity contribution in [1.29, 1.82) is 0 Å². The van der Waals surface area contributed by atoms with Crippen molar-refractivity contribution in [3.8, 4) is 0 Å². The quantitative estimate of drug-likeness (QED) is 0.401. The van der Waals surface area contributed by atoms with Crippen molar-refractivity contribution in [2.24, 2.45) is 0 Å². The molecule has 1 aromatic carbocycles. The molecule has 0 aliphatic heterocycles. The van der Waals surface area contributed by atoms with E-state index < -0.39 is 0 Å². The first-order valence-corrected chi connectivity index (χ1v) is 5.25. The molecule has 0 bridgehead atoms. The summed E-state index contributed by atoms with van der Waals surface area (Å²) in [6, 6.07) is 10.4. The molecule has 0 fully saturated rings. The van der Waals surface area contributed by atoms with Gasteiger partial charge in [-0.15, -0.1) is 0 Å². The normalized spacial score (nSPS) is 12.0. The highest BCUT2D eigenvalue weighted by atomic mass is 16.5. The van der Waals surface area contributed by atoms with Crippen LogP contribution in [0, 0.1) is 0 Å². The topological polar surface area (TPSA) is 9.23 Å². The lowest BCUT2D eigenvalue weighted by Gasteiger charge is -2.02. The van der Waals surface area contributed by atoms with E-state index >= 15 is 0 Å². The average Bonchev–Trinajstić information content (AvgIpc) is 2.26. The van der Waals surface area contributed by atoms with Crippen LogP contribution >= 0.6 is 0 Å². The van der Waals surface area contributed by atoms with Crippen LogP contribution in [0.25, 0.3) is 0 Å². The molecule has 0 amide bonds. The molecule has 0 aliphatic rings. The zero-order chi connectivity index (χ0) is 10.9. The van der Waals surface area contributed by atoms with Gasteiger partial charge in [0.1, 0.15) is 6.61 Å². The molecule has 0 spiro atoms. The molecule has 15 heavy (non-hydrogen) atoms. The monoisotopic (exact) mass is 202 g/mol. The second-order valence-electron chi connectivity index (χ2n) is 3.53. The van der Waals surface area contributed by atoms with Gasteiger partial charge in [-0.2, -0.15) is 0 Å². The van der Waals surface area contributed by atoms with E-state index in [-0.39, 0.29) is 0 Å². The van der Waals surface area contributed by atoms with Gasteiger partial charge >= 0.3 is 0 Å². The van der Waals surface area contributed by atoms with Crippen LogP contribution in [0.15, 0.2) is 54.3 Å². The largest absolute Gasteiger partial charge is 0.497 e. The molecule has 0 heterocycles. The van der Waals surface area contributed by atoms with Crippen LogP contribution in [0.4, 0.5) is 0 Å². The lowest BCUT2D eigenvalue weighted by atomic mass is 10.1. The van der Waals surface area contributed by atoms with Crippen LogP contribution in [0.3, 0.4) is 0 Å². The number of rotatable bonds is 5. The smallest absolute Gasteiger partial charge is 0.105 e. The third-order valence-electron chi connectivity index (χ3n) is 2.04. The zero-order valence-corrected chi connectivity index (χ0v) is 9.44. The van der Waals surface area contributed by atoms with E-state index in [9.17, 15) is 0 Å². The van der Waals surface area contributed by atoms with Gasteiger partial charge in [-0.3, -0.25) is 0 Å². The zero-order valence-electron chi connectivity index (χ0n) is 9.44. The number of hydrogen-bond acceptors (Lipinski definition) is 1. The summed E-state index contributed by atoms with van der Waals surface area (Å²) in [5, 5.41) is 0. The first-order valence-electron chi connectivity index (χ1n) is 5.25. The Morgan fingerprint density at radius 3 is 2.67 bits per heavy atom. The highest BCUT2D eigenvalue weighted by Gasteiger charge is 1.93. The molecule has 0 atom stereocenters. The molecule has 0 saturated carbocycles. The Labute approximate surface area is 92.1 Å². The van der Waals surface area contributed by atoms with Gasteiger partial charge in [0.15, 0.2) is 0 Å². The third-order valence-corrected chi connectivity index (χ3v) is 2.04. The van der Waals surface area contributed by atoms with Crippen molar-refractivity contribution in [2.75, 3.05) is 6.61 Å². The molecule has 0 radical (unpaired) electrons. The second-order valence-corrected chi connectivity index (χ2v) is 3.53. The predicted octanol–water partition coefficient (Wildman–Crippen LogP) is 3.73. The van der Waals surface area contributed by atoms with E-state index in [0.29, 0.717) is 6.61 Å². The van der Waals surface area contributed by atoms with E-state index in [1.165, 1.54) is 11.1 Å². The molecule has 1 nitrogen and oxygen atoms in total. The van der Waals surface area contributed by atoms with Crippen molar-refractivity contribution in [3.05, 3.63) is 59.9 Å². The molecule has 0 N–H and O–H groups in total. The Bertz CT molecular complexity index is 322. The SMILES string of the molecule is CC=CCOC=C(C)Cc1ccccc1. The van der Waals surface area contributed by atoms with Gasteiger partial charge in [0, 0.05) is 0 Å². The van der Waals surface area contributed by atoms with E-state index in [2.05, 4.69) is 31.2 Å². The van der Waals surface area contributed by atoms with Gasteiger partial charge < -0.3 is 4.74 Å². The maximum atomic E-state index is 5.36. The Morgan fingerprint density at radius 2 is 2.00 bits per heavy atom. The highest BCUT2D eigenvalue weighted by molar-refractivity contribution is 5.20. The summed E-state index contributed by atoms with van der Waals surface area (Å²) in [7, 11) is 0. The number of benzene rings is 1. The first-order chi connectivity index (χ1) is 7.33. The second kappa shape index (κ2) is 6.88. The summed E-state index contributed by atoms with van der Waals surface area (Å²) in [4.78, 5) is 0. The standard InChI is InChI=1S/C14H18O/c1-3-4-10-15-12-13(2)11-14-8-6-5-7-9-14/h3-9,12H,10-11H2,1-2H3. The molecule has 80 valence electrons.